The predicted molar refractivity (Wildman–Crippen MR) is 61.2 cm³/mol. The van der Waals surface area contributed by atoms with Crippen molar-refractivity contribution in [1.29, 1.82) is 0 Å². The number of hydrogen-bond acceptors (Lipinski definition) is 3. The fourth-order valence-electron chi connectivity index (χ4n) is 1.68. The van der Waals surface area contributed by atoms with Crippen molar-refractivity contribution in [1.82, 2.24) is 10.4 Å². The maximum Gasteiger partial charge on any atom is 0.337 e. The van der Waals surface area contributed by atoms with E-state index in [1.54, 1.807) is 12.1 Å². The third-order valence-corrected chi connectivity index (χ3v) is 2.85. The fraction of sp³-hybridized carbons (Fsp3) is 0.182. The van der Waals surface area contributed by atoms with Crippen molar-refractivity contribution in [3.8, 4) is 0 Å². The quantitative estimate of drug-likeness (QED) is 0.828. The number of benzene rings is 1. The van der Waals surface area contributed by atoms with Gasteiger partial charge in [-0.3, -0.25) is 0 Å². The standard InChI is InChI=1S/C11H11ClN2O2/c1-14-10(4-5-13-14)7-2-3-8(11(15)16)9(12)6-7/h2-6,10,13H,1H3,(H,15,16). The number of carbonyl (C=O) groups is 1. The van der Waals surface area contributed by atoms with Gasteiger partial charge in [-0.25, -0.2) is 9.80 Å². The van der Waals surface area contributed by atoms with Crippen LogP contribution < -0.4 is 5.43 Å². The van der Waals surface area contributed by atoms with Gasteiger partial charge in [-0.1, -0.05) is 17.7 Å². The monoisotopic (exact) mass is 238 g/mol. The molecule has 0 amide bonds. The molecule has 5 heteroatoms. The Morgan fingerprint density at radius 1 is 1.56 bits per heavy atom. The average Bonchev–Trinajstić information content (AvgIpc) is 2.63. The highest BCUT2D eigenvalue weighted by Crippen LogP contribution is 2.27. The Morgan fingerprint density at radius 2 is 2.31 bits per heavy atom. The molecule has 2 rings (SSSR count). The van der Waals surface area contributed by atoms with Gasteiger partial charge < -0.3 is 10.5 Å². The lowest BCUT2D eigenvalue weighted by Gasteiger charge is -2.19. The first-order valence-corrected chi connectivity index (χ1v) is 5.16. The molecule has 0 aromatic heterocycles. The van der Waals surface area contributed by atoms with Crippen LogP contribution in [0.15, 0.2) is 30.5 Å². The number of hydrazine groups is 1. The summed E-state index contributed by atoms with van der Waals surface area (Å²) in [7, 11) is 1.91. The number of likely N-dealkylation sites (N-methyl/N-ethyl adjacent to an activating group) is 1. The van der Waals surface area contributed by atoms with Gasteiger partial charge in [0.1, 0.15) is 0 Å². The number of rotatable bonds is 2. The first kappa shape index (κ1) is 11.0. The normalized spacial score (nSPS) is 19.8. The van der Waals surface area contributed by atoms with Gasteiger partial charge in [-0.15, -0.1) is 0 Å². The molecule has 0 radical (unpaired) electrons. The number of nitrogens with zero attached hydrogens (tertiary/aromatic N) is 1. The van der Waals surface area contributed by atoms with Crippen LogP contribution in [-0.2, 0) is 0 Å². The highest BCUT2D eigenvalue weighted by molar-refractivity contribution is 6.33. The molecule has 84 valence electrons. The van der Waals surface area contributed by atoms with Crippen molar-refractivity contribution in [2.75, 3.05) is 7.05 Å². The molecule has 1 aliphatic rings. The second-order valence-electron chi connectivity index (χ2n) is 3.59. The Hall–Kier alpha value is -1.52. The average molecular weight is 239 g/mol. The molecule has 0 fully saturated rings. The number of aromatic carboxylic acids is 1. The van der Waals surface area contributed by atoms with E-state index < -0.39 is 5.97 Å². The van der Waals surface area contributed by atoms with Crippen LogP contribution >= 0.6 is 11.6 Å². The molecule has 1 unspecified atom stereocenters. The van der Waals surface area contributed by atoms with Crippen LogP contribution in [-0.4, -0.2) is 23.1 Å². The van der Waals surface area contributed by atoms with E-state index in [2.05, 4.69) is 5.43 Å². The second-order valence-corrected chi connectivity index (χ2v) is 4.00. The second kappa shape index (κ2) is 4.15. The maximum absolute atomic E-state index is 10.8. The Kier molecular flexibility index (Phi) is 2.85. The lowest BCUT2D eigenvalue weighted by atomic mass is 10.0. The van der Waals surface area contributed by atoms with Crippen LogP contribution in [0.4, 0.5) is 0 Å². The van der Waals surface area contributed by atoms with E-state index in [0.29, 0.717) is 0 Å². The third-order valence-electron chi connectivity index (χ3n) is 2.54. The zero-order chi connectivity index (χ0) is 11.7. The summed E-state index contributed by atoms with van der Waals surface area (Å²) < 4.78 is 0. The van der Waals surface area contributed by atoms with Gasteiger partial charge in [-0.05, 0) is 23.8 Å². The highest BCUT2D eigenvalue weighted by atomic mass is 35.5. The molecule has 0 aliphatic carbocycles. The van der Waals surface area contributed by atoms with Gasteiger partial charge >= 0.3 is 5.97 Å². The topological polar surface area (TPSA) is 52.6 Å². The molecule has 2 N–H and O–H groups in total. The van der Waals surface area contributed by atoms with Gasteiger partial charge in [0, 0.05) is 13.2 Å². The van der Waals surface area contributed by atoms with E-state index >= 15 is 0 Å². The van der Waals surface area contributed by atoms with E-state index in [1.165, 1.54) is 6.07 Å². The van der Waals surface area contributed by atoms with Crippen LogP contribution in [0.3, 0.4) is 0 Å². The number of carboxylic acid groups (broad SMARTS) is 1. The fourth-order valence-corrected chi connectivity index (χ4v) is 1.95. The van der Waals surface area contributed by atoms with E-state index in [-0.39, 0.29) is 16.6 Å². The molecule has 1 aliphatic heterocycles. The van der Waals surface area contributed by atoms with Gasteiger partial charge in [-0.2, -0.15) is 0 Å². The molecular formula is C11H11ClN2O2. The Balaban J connectivity index is 2.34. The minimum atomic E-state index is -1.01. The predicted octanol–water partition coefficient (Wildman–Crippen LogP) is 2.04. The highest BCUT2D eigenvalue weighted by Gasteiger charge is 2.19. The smallest absolute Gasteiger partial charge is 0.337 e. The van der Waals surface area contributed by atoms with E-state index in [1.807, 2.05) is 24.3 Å². The summed E-state index contributed by atoms with van der Waals surface area (Å²) in [6.07, 6.45) is 3.82. The summed E-state index contributed by atoms with van der Waals surface area (Å²) in [5.74, 6) is -1.01. The lowest BCUT2D eigenvalue weighted by Crippen LogP contribution is -2.27. The lowest BCUT2D eigenvalue weighted by molar-refractivity contribution is 0.0697. The largest absolute Gasteiger partial charge is 0.478 e. The summed E-state index contributed by atoms with van der Waals surface area (Å²) in [5, 5.41) is 11.0. The van der Waals surface area contributed by atoms with Crippen molar-refractivity contribution >= 4 is 17.6 Å². The summed E-state index contributed by atoms with van der Waals surface area (Å²) in [5.41, 5.74) is 4.10. The molecule has 16 heavy (non-hydrogen) atoms. The van der Waals surface area contributed by atoms with Gasteiger partial charge in [0.15, 0.2) is 0 Å². The molecule has 1 aromatic rings. The molecular weight excluding hydrogens is 228 g/mol. The summed E-state index contributed by atoms with van der Waals surface area (Å²) in [4.78, 5) is 10.8. The summed E-state index contributed by atoms with van der Waals surface area (Å²) in [6, 6.07) is 5.07. The van der Waals surface area contributed by atoms with E-state index in [0.717, 1.165) is 5.56 Å². The van der Waals surface area contributed by atoms with Crippen molar-refractivity contribution < 1.29 is 9.90 Å². The van der Waals surface area contributed by atoms with Gasteiger partial charge in [0.2, 0.25) is 0 Å². The zero-order valence-electron chi connectivity index (χ0n) is 8.64. The molecule has 0 bridgehead atoms. The number of nitrogens with one attached hydrogen (secondary N) is 1. The minimum Gasteiger partial charge on any atom is -0.478 e. The third kappa shape index (κ3) is 1.89. The maximum atomic E-state index is 10.8. The summed E-state index contributed by atoms with van der Waals surface area (Å²) in [6.45, 7) is 0. The molecule has 0 saturated carbocycles. The van der Waals surface area contributed by atoms with Crippen LogP contribution in [0, 0.1) is 0 Å². The molecule has 4 nitrogen and oxygen atoms in total. The molecule has 0 saturated heterocycles. The molecule has 0 spiro atoms. The molecule has 1 aromatic carbocycles. The van der Waals surface area contributed by atoms with Crippen LogP contribution in [0.25, 0.3) is 0 Å². The van der Waals surface area contributed by atoms with E-state index in [9.17, 15) is 4.79 Å². The van der Waals surface area contributed by atoms with Crippen LogP contribution in [0.5, 0.6) is 0 Å². The Bertz CT molecular complexity index is 459. The molecule has 1 atom stereocenters. The summed E-state index contributed by atoms with van der Waals surface area (Å²) >= 11 is 5.91. The number of halogens is 1. The number of carboxylic acids is 1. The van der Waals surface area contributed by atoms with Crippen LogP contribution in [0.1, 0.15) is 22.0 Å². The first-order chi connectivity index (χ1) is 7.59. The van der Waals surface area contributed by atoms with Gasteiger partial charge in [0.25, 0.3) is 0 Å². The minimum absolute atomic E-state index is 0.0837. The first-order valence-electron chi connectivity index (χ1n) is 4.78. The van der Waals surface area contributed by atoms with Gasteiger partial charge in [0.05, 0.1) is 16.6 Å². The van der Waals surface area contributed by atoms with Crippen molar-refractivity contribution in [2.45, 2.75) is 6.04 Å². The Labute approximate surface area is 98.1 Å². The van der Waals surface area contributed by atoms with Crippen LogP contribution in [0.2, 0.25) is 5.02 Å². The van der Waals surface area contributed by atoms with Crippen molar-refractivity contribution in [3.63, 3.8) is 0 Å². The van der Waals surface area contributed by atoms with E-state index in [4.69, 9.17) is 16.7 Å². The SMILES string of the molecule is CN1NC=CC1c1ccc(C(=O)O)c(Cl)c1. The molecule has 1 heterocycles. The zero-order valence-corrected chi connectivity index (χ0v) is 9.40. The van der Waals surface area contributed by atoms with Crippen molar-refractivity contribution in [3.05, 3.63) is 46.6 Å². The number of hydrogen-bond donors (Lipinski definition) is 2. The van der Waals surface area contributed by atoms with Crippen molar-refractivity contribution in [2.24, 2.45) is 0 Å². The Morgan fingerprint density at radius 3 is 2.81 bits per heavy atom.